The summed E-state index contributed by atoms with van der Waals surface area (Å²) >= 11 is 7.78. The van der Waals surface area contributed by atoms with Gasteiger partial charge in [-0.3, -0.25) is 0 Å². The number of unbranched alkanes of at least 4 members (excludes halogenated alkanes) is 2. The van der Waals surface area contributed by atoms with E-state index in [4.69, 9.17) is 11.6 Å². The molecular formula is C14H18ClFN2S. The highest BCUT2D eigenvalue weighted by Gasteiger charge is 2.12. The summed E-state index contributed by atoms with van der Waals surface area (Å²) in [6.07, 6.45) is 5.60. The number of thioether (sulfide) groups is 1. The van der Waals surface area contributed by atoms with Crippen LogP contribution in [0.4, 0.5) is 4.39 Å². The predicted octanol–water partition coefficient (Wildman–Crippen LogP) is 4.45. The number of hydrogen-bond donors (Lipinski definition) is 0. The Balaban J connectivity index is 2.14. The lowest BCUT2D eigenvalue weighted by Crippen LogP contribution is -2.02. The number of aryl methyl sites for hydroxylation is 1. The zero-order valence-electron chi connectivity index (χ0n) is 11.0. The monoisotopic (exact) mass is 300 g/mol. The van der Waals surface area contributed by atoms with Crippen LogP contribution < -0.4 is 0 Å². The molecule has 0 amide bonds. The fourth-order valence-corrected chi connectivity index (χ4v) is 2.90. The lowest BCUT2D eigenvalue weighted by Gasteiger charge is -2.07. The molecule has 1 heterocycles. The first-order valence-electron chi connectivity index (χ1n) is 6.46. The van der Waals surface area contributed by atoms with Crippen LogP contribution in [0, 0.1) is 5.82 Å². The summed E-state index contributed by atoms with van der Waals surface area (Å²) in [7, 11) is 0. The van der Waals surface area contributed by atoms with E-state index < -0.39 is 0 Å². The van der Waals surface area contributed by atoms with E-state index in [9.17, 15) is 4.39 Å². The number of rotatable bonds is 7. The molecule has 0 unspecified atom stereocenters. The van der Waals surface area contributed by atoms with Crippen LogP contribution in [0.3, 0.4) is 0 Å². The van der Waals surface area contributed by atoms with Crippen molar-refractivity contribution in [3.05, 3.63) is 29.8 Å². The fraction of sp³-hybridized carbons (Fsp3) is 0.500. The second kappa shape index (κ2) is 7.15. The van der Waals surface area contributed by atoms with Crippen molar-refractivity contribution in [1.29, 1.82) is 0 Å². The van der Waals surface area contributed by atoms with Crippen LogP contribution in [0.15, 0.2) is 18.2 Å². The van der Waals surface area contributed by atoms with Crippen LogP contribution in [0.2, 0.25) is 0 Å². The normalized spacial score (nSPS) is 11.3. The van der Waals surface area contributed by atoms with Gasteiger partial charge in [-0.2, -0.15) is 11.8 Å². The van der Waals surface area contributed by atoms with Crippen LogP contribution in [-0.2, 0) is 12.4 Å². The third-order valence-corrected chi connectivity index (χ3v) is 4.09. The summed E-state index contributed by atoms with van der Waals surface area (Å²) < 4.78 is 15.7. The van der Waals surface area contributed by atoms with Crippen molar-refractivity contribution >= 4 is 34.4 Å². The number of nitrogens with zero attached hydrogens (tertiary/aromatic N) is 2. The van der Waals surface area contributed by atoms with Crippen LogP contribution >= 0.6 is 23.4 Å². The Kier molecular flexibility index (Phi) is 5.52. The number of benzene rings is 1. The van der Waals surface area contributed by atoms with E-state index in [1.165, 1.54) is 24.7 Å². The van der Waals surface area contributed by atoms with Crippen LogP contribution in [0.1, 0.15) is 25.1 Å². The summed E-state index contributed by atoms with van der Waals surface area (Å²) in [6, 6.07) is 5.07. The van der Waals surface area contributed by atoms with Crippen molar-refractivity contribution in [1.82, 2.24) is 9.55 Å². The maximum atomic E-state index is 13.7. The van der Waals surface area contributed by atoms with Gasteiger partial charge in [0.2, 0.25) is 0 Å². The molecule has 2 rings (SSSR count). The molecule has 0 radical (unpaired) electrons. The summed E-state index contributed by atoms with van der Waals surface area (Å²) in [5, 5.41) is 0. The summed E-state index contributed by atoms with van der Waals surface area (Å²) in [5.74, 6) is 2.00. The fourth-order valence-electron chi connectivity index (χ4n) is 2.21. The molecule has 0 bridgehead atoms. The molecule has 0 aliphatic heterocycles. The molecule has 2 nitrogen and oxygen atoms in total. The number of para-hydroxylation sites is 1. The maximum absolute atomic E-state index is 13.7. The summed E-state index contributed by atoms with van der Waals surface area (Å²) in [6.45, 7) is 0.858. The number of halogens is 2. The van der Waals surface area contributed by atoms with E-state index in [0.717, 1.165) is 24.3 Å². The van der Waals surface area contributed by atoms with Crippen molar-refractivity contribution in [2.45, 2.75) is 31.7 Å². The van der Waals surface area contributed by atoms with Crippen molar-refractivity contribution in [3.63, 3.8) is 0 Å². The lowest BCUT2D eigenvalue weighted by molar-refractivity contribution is 0.602. The highest BCUT2D eigenvalue weighted by Crippen LogP contribution is 2.21. The summed E-state index contributed by atoms with van der Waals surface area (Å²) in [4.78, 5) is 4.30. The highest BCUT2D eigenvalue weighted by atomic mass is 35.5. The minimum atomic E-state index is -0.273. The van der Waals surface area contributed by atoms with Gasteiger partial charge in [-0.15, -0.1) is 11.6 Å². The van der Waals surface area contributed by atoms with Crippen LogP contribution in [0.5, 0.6) is 0 Å². The van der Waals surface area contributed by atoms with Crippen molar-refractivity contribution in [2.75, 3.05) is 12.0 Å². The molecule has 0 saturated carbocycles. The third-order valence-electron chi connectivity index (χ3n) is 3.16. The number of aromatic nitrogens is 2. The van der Waals surface area contributed by atoms with E-state index >= 15 is 0 Å². The number of alkyl halides is 1. The molecule has 0 saturated heterocycles. The van der Waals surface area contributed by atoms with Gasteiger partial charge in [0.15, 0.2) is 5.82 Å². The zero-order chi connectivity index (χ0) is 13.7. The molecule has 0 aliphatic carbocycles. The average molecular weight is 301 g/mol. The highest BCUT2D eigenvalue weighted by molar-refractivity contribution is 7.98. The van der Waals surface area contributed by atoms with E-state index in [1.54, 1.807) is 6.07 Å². The Morgan fingerprint density at radius 2 is 2.16 bits per heavy atom. The molecular weight excluding hydrogens is 283 g/mol. The van der Waals surface area contributed by atoms with Crippen LogP contribution in [-0.4, -0.2) is 21.6 Å². The van der Waals surface area contributed by atoms with Gasteiger partial charge in [0.05, 0.1) is 11.4 Å². The number of fused-ring (bicyclic) bond motifs is 1. The molecule has 0 aliphatic rings. The first kappa shape index (κ1) is 14.7. The number of hydrogen-bond acceptors (Lipinski definition) is 2. The Morgan fingerprint density at radius 3 is 2.89 bits per heavy atom. The summed E-state index contributed by atoms with van der Waals surface area (Å²) in [5.41, 5.74) is 1.28. The molecule has 5 heteroatoms. The standard InChI is InChI=1S/C14H18ClFN2S/c1-19-9-4-2-3-8-18-12-7-5-6-11(16)14(12)17-13(18)10-15/h5-7H,2-4,8-10H2,1H3. The van der Waals surface area contributed by atoms with E-state index in [2.05, 4.69) is 11.2 Å². The van der Waals surface area contributed by atoms with Gasteiger partial charge in [0, 0.05) is 6.54 Å². The Bertz CT molecular complexity index is 541. The van der Waals surface area contributed by atoms with Gasteiger partial charge in [0.25, 0.3) is 0 Å². The van der Waals surface area contributed by atoms with Crippen LogP contribution in [0.25, 0.3) is 11.0 Å². The van der Waals surface area contributed by atoms with E-state index in [1.807, 2.05) is 22.4 Å². The Morgan fingerprint density at radius 1 is 1.32 bits per heavy atom. The van der Waals surface area contributed by atoms with Crippen molar-refractivity contribution < 1.29 is 4.39 Å². The zero-order valence-corrected chi connectivity index (χ0v) is 12.6. The smallest absolute Gasteiger partial charge is 0.151 e. The second-order valence-corrected chi connectivity index (χ2v) is 5.73. The van der Waals surface area contributed by atoms with Gasteiger partial charge >= 0.3 is 0 Å². The molecule has 0 N–H and O–H groups in total. The average Bonchev–Trinajstić information content (AvgIpc) is 2.78. The van der Waals surface area contributed by atoms with E-state index in [0.29, 0.717) is 11.4 Å². The minimum absolute atomic E-state index is 0.273. The molecule has 0 atom stereocenters. The lowest BCUT2D eigenvalue weighted by atomic mass is 10.2. The quantitative estimate of drug-likeness (QED) is 0.555. The second-order valence-electron chi connectivity index (χ2n) is 4.47. The molecule has 19 heavy (non-hydrogen) atoms. The topological polar surface area (TPSA) is 17.8 Å². The largest absolute Gasteiger partial charge is 0.327 e. The Labute approximate surface area is 122 Å². The molecule has 1 aromatic carbocycles. The molecule has 104 valence electrons. The first-order chi connectivity index (χ1) is 9.27. The number of imidazole rings is 1. The molecule has 2 aromatic rings. The molecule has 1 aromatic heterocycles. The van der Waals surface area contributed by atoms with Gasteiger partial charge in [-0.25, -0.2) is 9.37 Å². The van der Waals surface area contributed by atoms with Crippen molar-refractivity contribution in [3.8, 4) is 0 Å². The van der Waals surface area contributed by atoms with Gasteiger partial charge in [-0.1, -0.05) is 12.5 Å². The molecule has 0 spiro atoms. The van der Waals surface area contributed by atoms with Gasteiger partial charge in [-0.05, 0) is 37.0 Å². The molecule has 0 fully saturated rings. The third kappa shape index (κ3) is 3.42. The predicted molar refractivity (Wildman–Crippen MR) is 81.5 cm³/mol. The van der Waals surface area contributed by atoms with E-state index in [-0.39, 0.29) is 5.82 Å². The minimum Gasteiger partial charge on any atom is -0.327 e. The van der Waals surface area contributed by atoms with Gasteiger partial charge < -0.3 is 4.57 Å². The first-order valence-corrected chi connectivity index (χ1v) is 8.39. The van der Waals surface area contributed by atoms with Gasteiger partial charge in [0.1, 0.15) is 11.3 Å². The Hall–Kier alpha value is -0.740. The maximum Gasteiger partial charge on any atom is 0.151 e. The SMILES string of the molecule is CSCCCCCn1c(CCl)nc2c(F)cccc21. The van der Waals surface area contributed by atoms with Crippen molar-refractivity contribution in [2.24, 2.45) is 0 Å².